The van der Waals surface area contributed by atoms with Crippen LogP contribution in [0.1, 0.15) is 53.3 Å². The van der Waals surface area contributed by atoms with E-state index in [9.17, 15) is 36.7 Å². The summed E-state index contributed by atoms with van der Waals surface area (Å²) in [4.78, 5) is 52.7. The maximum atomic E-state index is 15.4. The summed E-state index contributed by atoms with van der Waals surface area (Å²) >= 11 is 0. The van der Waals surface area contributed by atoms with E-state index in [2.05, 4.69) is 27.3 Å². The predicted octanol–water partition coefficient (Wildman–Crippen LogP) is 6.53. The summed E-state index contributed by atoms with van der Waals surface area (Å²) < 4.78 is 80.5. The summed E-state index contributed by atoms with van der Waals surface area (Å²) in [7, 11) is 4.01. The first-order valence-electron chi connectivity index (χ1n) is 17.0. The van der Waals surface area contributed by atoms with Crippen molar-refractivity contribution in [3.8, 4) is 16.9 Å². The highest BCUT2D eigenvalue weighted by molar-refractivity contribution is 6.00. The molecule has 0 aliphatic heterocycles. The zero-order valence-corrected chi connectivity index (χ0v) is 28.9. The molecule has 3 aromatic carbocycles. The lowest BCUT2D eigenvalue weighted by Gasteiger charge is -2.47. The van der Waals surface area contributed by atoms with Gasteiger partial charge < -0.3 is 30.7 Å². The smallest absolute Gasteiger partial charge is 0.419 e. The highest BCUT2D eigenvalue weighted by atomic mass is 19.4. The second kappa shape index (κ2) is 14.9. The molecule has 0 radical (unpaired) electrons. The molecule has 3 aromatic rings. The second-order valence-electron chi connectivity index (χ2n) is 13.3. The lowest BCUT2D eigenvalue weighted by molar-refractivity contribution is -0.140. The van der Waals surface area contributed by atoms with E-state index in [1.807, 2.05) is 0 Å². The van der Waals surface area contributed by atoms with E-state index in [1.165, 1.54) is 51.5 Å². The van der Waals surface area contributed by atoms with E-state index >= 15 is 4.39 Å². The zero-order valence-electron chi connectivity index (χ0n) is 28.9. The van der Waals surface area contributed by atoms with E-state index < -0.39 is 65.3 Å². The van der Waals surface area contributed by atoms with Crippen LogP contribution in [-0.2, 0) is 20.5 Å². The molecule has 15 heteroatoms. The lowest BCUT2D eigenvalue weighted by atomic mass is 9.61. The number of carbonyl (C=O) groups is 4. The molecule has 53 heavy (non-hydrogen) atoms. The lowest BCUT2D eigenvalue weighted by Crippen LogP contribution is -2.56. The Hall–Kier alpha value is -5.47. The van der Waals surface area contributed by atoms with Crippen molar-refractivity contribution in [2.45, 2.75) is 44.0 Å². The fourth-order valence-corrected chi connectivity index (χ4v) is 7.40. The maximum absolute atomic E-state index is 15.4. The molecule has 4 N–H and O–H groups in total. The number of amides is 4. The monoisotopic (exact) mass is 740 g/mol. The first-order chi connectivity index (χ1) is 25.2. The number of benzene rings is 3. The van der Waals surface area contributed by atoms with Crippen molar-refractivity contribution in [1.82, 2.24) is 16.0 Å². The number of methoxy groups -OCH3 is 1. The van der Waals surface area contributed by atoms with Gasteiger partial charge in [0, 0.05) is 37.0 Å². The number of likely N-dealkylation sites (N-methyl/N-ethyl adjacent to an activating group) is 1. The summed E-state index contributed by atoms with van der Waals surface area (Å²) in [6.07, 6.45) is -1.98. The number of nitrogens with one attached hydrogen (secondary N) is 4. The molecule has 5 atom stereocenters. The minimum Gasteiger partial charge on any atom is -0.496 e. The van der Waals surface area contributed by atoms with Crippen molar-refractivity contribution >= 4 is 29.5 Å². The molecule has 280 valence electrons. The average molecular weight is 741 g/mol. The third kappa shape index (κ3) is 7.69. The molecule has 0 aromatic heterocycles. The van der Waals surface area contributed by atoms with Crippen molar-refractivity contribution in [3.05, 3.63) is 94.6 Å². The molecular weight excluding hydrogens is 703 g/mol. The molecule has 7 rings (SSSR count). The van der Waals surface area contributed by atoms with Gasteiger partial charge in [-0.25, -0.2) is 13.6 Å². The van der Waals surface area contributed by atoms with Gasteiger partial charge in [-0.15, -0.1) is 0 Å². The molecule has 0 heterocycles. The van der Waals surface area contributed by atoms with Crippen LogP contribution in [-0.4, -0.2) is 51.1 Å². The molecule has 4 unspecified atom stereocenters. The topological polar surface area (TPSA) is 135 Å². The Morgan fingerprint density at radius 3 is 2.26 bits per heavy atom. The number of alkyl halides is 3. The Bertz CT molecular complexity index is 1980. The van der Waals surface area contributed by atoms with E-state index in [0.29, 0.717) is 30.9 Å². The normalized spacial score (nSPS) is 21.2. The number of alkyl carbamates (subject to hydrolysis) is 1. The Balaban J connectivity index is 1.32. The number of hydrogen-bond donors (Lipinski definition) is 4. The Morgan fingerprint density at radius 1 is 0.868 bits per heavy atom. The number of fused-ring (bicyclic) bond motifs is 2. The van der Waals surface area contributed by atoms with Gasteiger partial charge >= 0.3 is 12.3 Å². The van der Waals surface area contributed by atoms with Crippen molar-refractivity contribution < 1.29 is 50.6 Å². The molecule has 2 bridgehead atoms. The van der Waals surface area contributed by atoms with Crippen LogP contribution in [0.2, 0.25) is 0 Å². The minimum atomic E-state index is -4.98. The van der Waals surface area contributed by atoms with Gasteiger partial charge in [0.15, 0.2) is 0 Å². The quantitative estimate of drug-likeness (QED) is 0.138. The van der Waals surface area contributed by atoms with Gasteiger partial charge in [-0.1, -0.05) is 23.8 Å². The number of ether oxygens (including phenoxy) is 2. The number of rotatable bonds is 10. The van der Waals surface area contributed by atoms with Crippen LogP contribution in [0.3, 0.4) is 0 Å². The number of anilines is 1. The fraction of sp³-hybridized carbons (Fsp3) is 0.368. The molecule has 4 aliphatic rings. The fourth-order valence-electron chi connectivity index (χ4n) is 7.40. The Labute approximate surface area is 301 Å². The van der Waals surface area contributed by atoms with Gasteiger partial charge in [0.2, 0.25) is 12.0 Å². The zero-order chi connectivity index (χ0) is 38.2. The van der Waals surface area contributed by atoms with Crippen LogP contribution >= 0.6 is 0 Å². The van der Waals surface area contributed by atoms with E-state index in [0.717, 1.165) is 30.5 Å². The molecule has 4 aliphatic carbocycles. The van der Waals surface area contributed by atoms with Crippen LogP contribution in [0.25, 0.3) is 11.1 Å². The molecular formula is C38H37F5N4O6. The standard InChI is InChI=1S/C38H37F5N4O6/c1-44-36(50)33(53-37(51)45-2)21-7-11-28(39)25(16-21)19-8-13-30(52-3)26(14-19)34(48)47-32-20-6-10-23(24(15-20)18-4-5-18)31(32)35(49)46-22-9-12-29(40)27(17-22)38(41,42)43/h7-9,11-18,20,23,31-33H,4-6,10H2,1-3H3,(H,44,50)(H,45,51)(H,46,49)(H,47,48)/t20?,23?,31-,32?,33?/m0/s1. The highest BCUT2D eigenvalue weighted by Crippen LogP contribution is 2.53. The highest BCUT2D eigenvalue weighted by Gasteiger charge is 2.51. The largest absolute Gasteiger partial charge is 0.496 e. The van der Waals surface area contributed by atoms with Crippen molar-refractivity contribution in [2.24, 2.45) is 23.7 Å². The van der Waals surface area contributed by atoms with Gasteiger partial charge in [-0.2, -0.15) is 13.2 Å². The SMILES string of the molecule is CNC(=O)OC(C(=O)NC)c1ccc(F)c(-c2ccc(OC)c(C(=O)NC3C4C=C(C5CC5)C(CC4)[C@@H]3C(=O)Nc3ccc(F)c(C(F)(F)F)c3)c2)c1. The summed E-state index contributed by atoms with van der Waals surface area (Å²) in [5, 5.41) is 10.2. The molecule has 2 fully saturated rings. The van der Waals surface area contributed by atoms with Gasteiger partial charge in [-0.05, 0) is 91.5 Å². The molecule has 0 spiro atoms. The van der Waals surface area contributed by atoms with Crippen molar-refractivity contribution in [3.63, 3.8) is 0 Å². The van der Waals surface area contributed by atoms with Crippen LogP contribution in [0.15, 0.2) is 66.2 Å². The minimum absolute atomic E-state index is 0.000352. The van der Waals surface area contributed by atoms with E-state index in [4.69, 9.17) is 9.47 Å². The van der Waals surface area contributed by atoms with Crippen LogP contribution in [0.4, 0.5) is 32.4 Å². The average Bonchev–Trinajstić information content (AvgIpc) is 4.00. The maximum Gasteiger partial charge on any atom is 0.419 e. The third-order valence-electron chi connectivity index (χ3n) is 10.1. The van der Waals surface area contributed by atoms with Gasteiger partial charge in [0.25, 0.3) is 11.8 Å². The third-order valence-corrected chi connectivity index (χ3v) is 10.1. The molecule has 2 saturated carbocycles. The number of carbonyl (C=O) groups excluding carboxylic acids is 4. The number of halogens is 5. The Kier molecular flexibility index (Phi) is 10.5. The summed E-state index contributed by atoms with van der Waals surface area (Å²) in [6.45, 7) is 0. The van der Waals surface area contributed by atoms with Crippen LogP contribution in [0, 0.1) is 35.3 Å². The molecule has 10 nitrogen and oxygen atoms in total. The number of hydrogen-bond acceptors (Lipinski definition) is 6. The second-order valence-corrected chi connectivity index (χ2v) is 13.3. The van der Waals surface area contributed by atoms with Gasteiger partial charge in [-0.3, -0.25) is 14.4 Å². The summed E-state index contributed by atoms with van der Waals surface area (Å²) in [5.41, 5.74) is -0.284. The van der Waals surface area contributed by atoms with Crippen molar-refractivity contribution in [1.29, 1.82) is 0 Å². The summed E-state index contributed by atoms with van der Waals surface area (Å²) in [5.74, 6) is -5.07. The first kappa shape index (κ1) is 37.3. The van der Waals surface area contributed by atoms with Gasteiger partial charge in [0.05, 0.1) is 24.2 Å². The van der Waals surface area contributed by atoms with Crippen LogP contribution in [0.5, 0.6) is 5.75 Å². The van der Waals surface area contributed by atoms with E-state index in [1.54, 1.807) is 0 Å². The van der Waals surface area contributed by atoms with Crippen molar-refractivity contribution in [2.75, 3.05) is 26.5 Å². The summed E-state index contributed by atoms with van der Waals surface area (Å²) in [6, 6.07) is 9.56. The predicted molar refractivity (Wildman–Crippen MR) is 183 cm³/mol. The van der Waals surface area contributed by atoms with E-state index in [-0.39, 0.29) is 45.5 Å². The molecule has 4 amide bonds. The van der Waals surface area contributed by atoms with Gasteiger partial charge in [0.1, 0.15) is 17.4 Å². The first-order valence-corrected chi connectivity index (χ1v) is 17.0. The Morgan fingerprint density at radius 2 is 1.60 bits per heavy atom. The number of allylic oxidation sites excluding steroid dienone is 1. The van der Waals surface area contributed by atoms with Crippen LogP contribution < -0.4 is 26.0 Å². The molecule has 0 saturated heterocycles.